The fourth-order valence-corrected chi connectivity index (χ4v) is 2.60. The van der Waals surface area contributed by atoms with E-state index in [-0.39, 0.29) is 23.3 Å². The van der Waals surface area contributed by atoms with E-state index in [9.17, 15) is 9.59 Å². The van der Waals surface area contributed by atoms with Crippen molar-refractivity contribution >= 4 is 11.5 Å². The Hall–Kier alpha value is -2.89. The Bertz CT molecular complexity index is 976. The van der Waals surface area contributed by atoms with Crippen LogP contribution in [0.4, 0.5) is 0 Å². The van der Waals surface area contributed by atoms with Crippen molar-refractivity contribution in [3.05, 3.63) is 58.1 Å². The molecule has 1 N–H and O–H groups in total. The number of hydrogen-bond donors (Lipinski definition) is 1. The highest BCUT2D eigenvalue weighted by Crippen LogP contribution is 2.25. The Morgan fingerprint density at radius 3 is 2.52 bits per heavy atom. The van der Waals surface area contributed by atoms with Crippen LogP contribution in [-0.4, -0.2) is 27.2 Å². The lowest BCUT2D eigenvalue weighted by Crippen LogP contribution is -2.12. The minimum atomic E-state index is -0.540. The molecule has 0 atom stereocenters. The number of carbonyl (C=O) groups is 1. The second-order valence-electron chi connectivity index (χ2n) is 6.90. The number of H-pyrrole nitrogens is 1. The molecule has 2 aromatic heterocycles. The number of benzene rings is 1. The van der Waals surface area contributed by atoms with Crippen LogP contribution in [0.1, 0.15) is 43.7 Å². The Labute approximate surface area is 145 Å². The van der Waals surface area contributed by atoms with E-state index in [0.29, 0.717) is 11.2 Å². The fraction of sp³-hybridized carbons (Fsp3) is 0.316. The monoisotopic (exact) mass is 339 g/mol. The molecular weight excluding hydrogens is 318 g/mol. The lowest BCUT2D eigenvalue weighted by molar-refractivity contribution is 0.0519. The van der Waals surface area contributed by atoms with Gasteiger partial charge in [0.2, 0.25) is 0 Å². The van der Waals surface area contributed by atoms with Gasteiger partial charge in [-0.2, -0.15) is 5.10 Å². The van der Waals surface area contributed by atoms with Crippen LogP contribution in [-0.2, 0) is 10.2 Å². The lowest BCUT2D eigenvalue weighted by Gasteiger charge is -2.19. The molecule has 3 rings (SSSR count). The van der Waals surface area contributed by atoms with Crippen molar-refractivity contribution in [2.75, 3.05) is 6.61 Å². The molecule has 6 heteroatoms. The fourth-order valence-electron chi connectivity index (χ4n) is 2.60. The molecule has 0 spiro atoms. The average molecular weight is 339 g/mol. The molecule has 2 heterocycles. The van der Waals surface area contributed by atoms with Gasteiger partial charge in [-0.15, -0.1) is 0 Å². The summed E-state index contributed by atoms with van der Waals surface area (Å²) < 4.78 is 6.34. The lowest BCUT2D eigenvalue weighted by atomic mass is 9.86. The first-order chi connectivity index (χ1) is 11.8. The number of esters is 1. The first kappa shape index (κ1) is 17.0. The zero-order valence-electron chi connectivity index (χ0n) is 14.8. The topological polar surface area (TPSA) is 76.5 Å². The highest BCUT2D eigenvalue weighted by molar-refractivity contribution is 5.88. The molecule has 25 heavy (non-hydrogen) atoms. The van der Waals surface area contributed by atoms with Crippen LogP contribution in [0.5, 0.6) is 0 Å². The molecule has 0 saturated carbocycles. The number of fused-ring (bicyclic) bond motifs is 1. The summed E-state index contributed by atoms with van der Waals surface area (Å²) >= 11 is 0. The van der Waals surface area contributed by atoms with E-state index in [4.69, 9.17) is 4.74 Å². The van der Waals surface area contributed by atoms with Crippen LogP contribution in [0.3, 0.4) is 0 Å². The summed E-state index contributed by atoms with van der Waals surface area (Å²) in [4.78, 5) is 27.0. The van der Waals surface area contributed by atoms with Crippen LogP contribution < -0.4 is 5.56 Å². The largest absolute Gasteiger partial charge is 0.461 e. The third-order valence-corrected chi connectivity index (χ3v) is 4.01. The predicted molar refractivity (Wildman–Crippen MR) is 95.9 cm³/mol. The summed E-state index contributed by atoms with van der Waals surface area (Å²) in [6.45, 7) is 8.43. The molecular formula is C19H21N3O3. The van der Waals surface area contributed by atoms with E-state index in [1.54, 1.807) is 13.1 Å². The van der Waals surface area contributed by atoms with Gasteiger partial charge in [0, 0.05) is 6.07 Å². The standard InChI is InChI=1S/C19H21N3O3/c1-5-25-18(24)14-10-16-17(23)20-15(11-22(16)21-14)12-6-8-13(9-7-12)19(2,3)4/h6-11H,5H2,1-4H3,(H,20,23). The SMILES string of the molecule is CCOC(=O)c1cc2c(=O)[nH]c(-c3ccc(C(C)(C)C)cc3)cn2n1. The van der Waals surface area contributed by atoms with Crippen molar-refractivity contribution in [2.24, 2.45) is 0 Å². The Morgan fingerprint density at radius 2 is 1.92 bits per heavy atom. The molecule has 6 nitrogen and oxygen atoms in total. The van der Waals surface area contributed by atoms with E-state index >= 15 is 0 Å². The minimum absolute atomic E-state index is 0.0619. The van der Waals surface area contributed by atoms with Crippen molar-refractivity contribution in [2.45, 2.75) is 33.1 Å². The quantitative estimate of drug-likeness (QED) is 0.744. The molecule has 0 aliphatic rings. The molecule has 0 unspecified atom stereocenters. The maximum atomic E-state index is 12.3. The van der Waals surface area contributed by atoms with Crippen molar-refractivity contribution in [3.63, 3.8) is 0 Å². The summed E-state index contributed by atoms with van der Waals surface area (Å²) in [5, 5.41) is 4.16. The van der Waals surface area contributed by atoms with E-state index in [1.807, 2.05) is 24.3 Å². The molecule has 0 bridgehead atoms. The van der Waals surface area contributed by atoms with Crippen molar-refractivity contribution < 1.29 is 9.53 Å². The highest BCUT2D eigenvalue weighted by Gasteiger charge is 2.16. The number of hydrogen-bond acceptors (Lipinski definition) is 4. The Morgan fingerprint density at radius 1 is 1.24 bits per heavy atom. The Kier molecular flexibility index (Phi) is 4.20. The van der Waals surface area contributed by atoms with Crippen LogP contribution in [0.25, 0.3) is 16.8 Å². The van der Waals surface area contributed by atoms with E-state index in [1.165, 1.54) is 16.1 Å². The van der Waals surface area contributed by atoms with Gasteiger partial charge in [-0.05, 0) is 23.5 Å². The second kappa shape index (κ2) is 6.20. The van der Waals surface area contributed by atoms with E-state index < -0.39 is 5.97 Å². The number of ether oxygens (including phenoxy) is 1. The van der Waals surface area contributed by atoms with Crippen LogP contribution in [0.15, 0.2) is 41.3 Å². The van der Waals surface area contributed by atoms with Gasteiger partial charge in [0.15, 0.2) is 5.69 Å². The van der Waals surface area contributed by atoms with Gasteiger partial charge in [0.25, 0.3) is 5.56 Å². The molecule has 1 aromatic carbocycles. The average Bonchev–Trinajstić information content (AvgIpc) is 2.99. The predicted octanol–water partition coefficient (Wildman–Crippen LogP) is 3.16. The molecule has 0 radical (unpaired) electrons. The third-order valence-electron chi connectivity index (χ3n) is 4.01. The van der Waals surface area contributed by atoms with Crippen molar-refractivity contribution in [3.8, 4) is 11.3 Å². The number of nitrogens with one attached hydrogen (secondary N) is 1. The zero-order valence-corrected chi connectivity index (χ0v) is 14.8. The number of nitrogens with zero attached hydrogens (tertiary/aromatic N) is 2. The van der Waals surface area contributed by atoms with Crippen LogP contribution >= 0.6 is 0 Å². The summed E-state index contributed by atoms with van der Waals surface area (Å²) in [6, 6.07) is 9.46. The normalized spacial score (nSPS) is 11.7. The first-order valence-corrected chi connectivity index (χ1v) is 8.20. The maximum absolute atomic E-state index is 12.3. The molecule has 3 aromatic rings. The summed E-state index contributed by atoms with van der Waals surface area (Å²) in [7, 11) is 0. The summed E-state index contributed by atoms with van der Waals surface area (Å²) in [5.41, 5.74) is 2.90. The molecule has 0 aliphatic heterocycles. The van der Waals surface area contributed by atoms with E-state index in [0.717, 1.165) is 5.56 Å². The number of rotatable bonds is 3. The molecule has 0 saturated heterocycles. The highest BCUT2D eigenvalue weighted by atomic mass is 16.5. The summed E-state index contributed by atoms with van der Waals surface area (Å²) in [5.74, 6) is -0.540. The number of carbonyl (C=O) groups excluding carboxylic acids is 1. The molecule has 0 aliphatic carbocycles. The van der Waals surface area contributed by atoms with Crippen molar-refractivity contribution in [1.82, 2.24) is 14.6 Å². The molecule has 0 amide bonds. The Balaban J connectivity index is 2.03. The van der Waals surface area contributed by atoms with Gasteiger partial charge in [0.05, 0.1) is 18.5 Å². The molecule has 130 valence electrons. The van der Waals surface area contributed by atoms with Crippen LogP contribution in [0.2, 0.25) is 0 Å². The van der Waals surface area contributed by atoms with Gasteiger partial charge >= 0.3 is 5.97 Å². The zero-order chi connectivity index (χ0) is 18.2. The minimum Gasteiger partial charge on any atom is -0.461 e. The number of aromatic amines is 1. The van der Waals surface area contributed by atoms with Crippen molar-refractivity contribution in [1.29, 1.82) is 0 Å². The summed E-state index contributed by atoms with van der Waals surface area (Å²) in [6.07, 6.45) is 1.70. The molecule has 0 fully saturated rings. The smallest absolute Gasteiger partial charge is 0.358 e. The third kappa shape index (κ3) is 3.33. The van der Waals surface area contributed by atoms with E-state index in [2.05, 4.69) is 30.9 Å². The second-order valence-corrected chi connectivity index (χ2v) is 6.90. The van der Waals surface area contributed by atoms with Crippen LogP contribution in [0, 0.1) is 0 Å². The van der Waals surface area contributed by atoms with Gasteiger partial charge in [-0.3, -0.25) is 4.79 Å². The van der Waals surface area contributed by atoms with Gasteiger partial charge in [0.1, 0.15) is 5.52 Å². The van der Waals surface area contributed by atoms with Gasteiger partial charge in [-0.1, -0.05) is 45.0 Å². The number of aromatic nitrogens is 3. The van der Waals surface area contributed by atoms with Gasteiger partial charge in [-0.25, -0.2) is 9.31 Å². The van der Waals surface area contributed by atoms with Gasteiger partial charge < -0.3 is 9.72 Å². The maximum Gasteiger partial charge on any atom is 0.358 e. The first-order valence-electron chi connectivity index (χ1n) is 8.20.